The fraction of sp³-hybridized carbons (Fsp3) is 0.500. The minimum Gasteiger partial charge on any atom is -0.481 e. The van der Waals surface area contributed by atoms with E-state index in [2.05, 4.69) is 6.07 Å². The summed E-state index contributed by atoms with van der Waals surface area (Å²) in [6.07, 6.45) is 2.07. The van der Waals surface area contributed by atoms with Gasteiger partial charge < -0.3 is 5.11 Å². The number of likely N-dealkylation sites (tertiary alicyclic amines) is 1. The summed E-state index contributed by atoms with van der Waals surface area (Å²) < 4.78 is 13.3. The molecule has 1 N–H and O–H groups in total. The lowest BCUT2D eigenvalue weighted by molar-refractivity contribution is -0.148. The Morgan fingerprint density at radius 2 is 2.33 bits per heavy atom. The van der Waals surface area contributed by atoms with Gasteiger partial charge in [-0.1, -0.05) is 13.3 Å². The molecule has 0 radical (unpaired) electrons. The zero-order valence-electron chi connectivity index (χ0n) is 12.1. The number of carbonyl (C=O) groups is 1. The van der Waals surface area contributed by atoms with Crippen molar-refractivity contribution in [2.24, 2.45) is 5.41 Å². The standard InChI is InChI=1S/C16H19FN2O2/c1-2-5-16(15(20)21)6-7-19(11-16)10-13-8-14(17)4-3-12(13)9-18/h3-4,8H,2,5-7,10-11H2,1H3,(H,20,21). The first-order valence-electron chi connectivity index (χ1n) is 7.15. The highest BCUT2D eigenvalue weighted by molar-refractivity contribution is 5.75. The van der Waals surface area contributed by atoms with E-state index in [-0.39, 0.29) is 5.82 Å². The van der Waals surface area contributed by atoms with E-state index in [9.17, 15) is 14.3 Å². The maximum atomic E-state index is 13.3. The number of hydrogen-bond donors (Lipinski definition) is 1. The number of carboxylic acid groups (broad SMARTS) is 1. The van der Waals surface area contributed by atoms with Crippen LogP contribution in [-0.2, 0) is 11.3 Å². The predicted molar refractivity (Wildman–Crippen MR) is 76.0 cm³/mol. The largest absolute Gasteiger partial charge is 0.481 e. The summed E-state index contributed by atoms with van der Waals surface area (Å²) >= 11 is 0. The number of carboxylic acids is 1. The quantitative estimate of drug-likeness (QED) is 0.905. The fourth-order valence-electron chi connectivity index (χ4n) is 3.10. The van der Waals surface area contributed by atoms with Crippen LogP contribution >= 0.6 is 0 Å². The number of halogens is 1. The molecule has 1 aromatic rings. The Labute approximate surface area is 123 Å². The Morgan fingerprint density at radius 1 is 1.57 bits per heavy atom. The van der Waals surface area contributed by atoms with Crippen LogP contribution in [0.15, 0.2) is 18.2 Å². The highest BCUT2D eigenvalue weighted by Gasteiger charge is 2.43. The first-order chi connectivity index (χ1) is 10.0. The predicted octanol–water partition coefficient (Wildman–Crippen LogP) is 2.77. The summed E-state index contributed by atoms with van der Waals surface area (Å²) in [4.78, 5) is 13.5. The zero-order chi connectivity index (χ0) is 15.5. The van der Waals surface area contributed by atoms with E-state index in [0.717, 1.165) is 6.42 Å². The van der Waals surface area contributed by atoms with Crippen molar-refractivity contribution in [2.45, 2.75) is 32.7 Å². The highest BCUT2D eigenvalue weighted by Crippen LogP contribution is 2.36. The molecule has 4 nitrogen and oxygen atoms in total. The third-order valence-electron chi connectivity index (χ3n) is 4.20. The Kier molecular flexibility index (Phi) is 4.59. The second-order valence-electron chi connectivity index (χ2n) is 5.71. The van der Waals surface area contributed by atoms with Crippen LogP contribution in [0.25, 0.3) is 0 Å². The molecule has 21 heavy (non-hydrogen) atoms. The summed E-state index contributed by atoms with van der Waals surface area (Å²) in [5.74, 6) is -1.13. The molecule has 2 rings (SSSR count). The van der Waals surface area contributed by atoms with Crippen molar-refractivity contribution in [3.8, 4) is 6.07 Å². The maximum Gasteiger partial charge on any atom is 0.310 e. The number of aliphatic carboxylic acids is 1. The van der Waals surface area contributed by atoms with Crippen molar-refractivity contribution in [3.63, 3.8) is 0 Å². The van der Waals surface area contributed by atoms with E-state index >= 15 is 0 Å². The third kappa shape index (κ3) is 3.22. The van der Waals surface area contributed by atoms with Crippen LogP contribution in [0.2, 0.25) is 0 Å². The number of nitrogens with zero attached hydrogens (tertiary/aromatic N) is 2. The minimum atomic E-state index is -0.758. The maximum absolute atomic E-state index is 13.3. The zero-order valence-corrected chi connectivity index (χ0v) is 12.1. The van der Waals surface area contributed by atoms with E-state index in [0.29, 0.717) is 43.6 Å². The van der Waals surface area contributed by atoms with Gasteiger partial charge in [0.1, 0.15) is 5.82 Å². The van der Waals surface area contributed by atoms with Gasteiger partial charge in [0.15, 0.2) is 0 Å². The molecule has 1 fully saturated rings. The molecule has 0 saturated carbocycles. The Hall–Kier alpha value is -1.93. The van der Waals surface area contributed by atoms with Crippen molar-refractivity contribution in [2.75, 3.05) is 13.1 Å². The van der Waals surface area contributed by atoms with Crippen molar-refractivity contribution in [1.29, 1.82) is 5.26 Å². The van der Waals surface area contributed by atoms with Crippen LogP contribution in [0, 0.1) is 22.6 Å². The topological polar surface area (TPSA) is 64.3 Å². The van der Waals surface area contributed by atoms with Crippen LogP contribution in [0.5, 0.6) is 0 Å². The van der Waals surface area contributed by atoms with E-state index in [1.807, 2.05) is 11.8 Å². The van der Waals surface area contributed by atoms with Gasteiger partial charge >= 0.3 is 5.97 Å². The molecule has 1 heterocycles. The molecule has 1 saturated heterocycles. The third-order valence-corrected chi connectivity index (χ3v) is 4.20. The first kappa shape index (κ1) is 15.5. The van der Waals surface area contributed by atoms with Crippen molar-refractivity contribution in [1.82, 2.24) is 4.90 Å². The molecular weight excluding hydrogens is 271 g/mol. The van der Waals surface area contributed by atoms with E-state index < -0.39 is 11.4 Å². The summed E-state index contributed by atoms with van der Waals surface area (Å²) in [7, 11) is 0. The van der Waals surface area contributed by atoms with E-state index in [4.69, 9.17) is 5.26 Å². The highest BCUT2D eigenvalue weighted by atomic mass is 19.1. The van der Waals surface area contributed by atoms with Crippen LogP contribution < -0.4 is 0 Å². The molecule has 1 aromatic carbocycles. The summed E-state index contributed by atoms with van der Waals surface area (Å²) in [5, 5.41) is 18.6. The number of nitriles is 1. The second kappa shape index (κ2) is 6.23. The van der Waals surface area contributed by atoms with Crippen LogP contribution in [-0.4, -0.2) is 29.1 Å². The Balaban J connectivity index is 2.14. The molecule has 0 spiro atoms. The van der Waals surface area contributed by atoms with Gasteiger partial charge in [0.05, 0.1) is 17.0 Å². The smallest absolute Gasteiger partial charge is 0.310 e. The number of benzene rings is 1. The lowest BCUT2D eigenvalue weighted by atomic mass is 9.83. The molecule has 0 amide bonds. The van der Waals surface area contributed by atoms with Gasteiger partial charge in [-0.2, -0.15) is 5.26 Å². The van der Waals surface area contributed by atoms with Gasteiger partial charge in [0.2, 0.25) is 0 Å². The van der Waals surface area contributed by atoms with Gasteiger partial charge in [-0.25, -0.2) is 4.39 Å². The number of rotatable bonds is 5. The van der Waals surface area contributed by atoms with Gasteiger partial charge in [-0.3, -0.25) is 9.69 Å². The van der Waals surface area contributed by atoms with Gasteiger partial charge in [0.25, 0.3) is 0 Å². The molecule has 112 valence electrons. The number of hydrogen-bond acceptors (Lipinski definition) is 3. The fourth-order valence-corrected chi connectivity index (χ4v) is 3.10. The van der Waals surface area contributed by atoms with E-state index in [1.54, 1.807) is 0 Å². The monoisotopic (exact) mass is 290 g/mol. The molecule has 5 heteroatoms. The summed E-state index contributed by atoms with van der Waals surface area (Å²) in [6.45, 7) is 3.51. The van der Waals surface area contributed by atoms with Crippen LogP contribution in [0.3, 0.4) is 0 Å². The molecule has 1 aliphatic rings. The Bertz CT molecular complexity index is 582. The van der Waals surface area contributed by atoms with Crippen molar-refractivity contribution < 1.29 is 14.3 Å². The van der Waals surface area contributed by atoms with Crippen LogP contribution in [0.1, 0.15) is 37.3 Å². The van der Waals surface area contributed by atoms with E-state index in [1.165, 1.54) is 18.2 Å². The van der Waals surface area contributed by atoms with Crippen molar-refractivity contribution >= 4 is 5.97 Å². The molecule has 0 bridgehead atoms. The minimum absolute atomic E-state index is 0.374. The normalized spacial score (nSPS) is 22.1. The lowest BCUT2D eigenvalue weighted by Crippen LogP contribution is -2.34. The van der Waals surface area contributed by atoms with Crippen LogP contribution in [0.4, 0.5) is 4.39 Å². The average molecular weight is 290 g/mol. The first-order valence-corrected chi connectivity index (χ1v) is 7.15. The SMILES string of the molecule is CCCC1(C(=O)O)CCN(Cc2cc(F)ccc2C#N)C1. The van der Waals surface area contributed by atoms with Gasteiger partial charge in [-0.05, 0) is 43.1 Å². The van der Waals surface area contributed by atoms with Gasteiger partial charge in [0, 0.05) is 13.1 Å². The second-order valence-corrected chi connectivity index (χ2v) is 5.71. The molecule has 1 atom stereocenters. The molecule has 1 aliphatic heterocycles. The lowest BCUT2D eigenvalue weighted by Gasteiger charge is -2.24. The molecule has 0 aromatic heterocycles. The molecular formula is C16H19FN2O2. The summed E-state index contributed by atoms with van der Waals surface area (Å²) in [6, 6.07) is 6.15. The Morgan fingerprint density at radius 3 is 2.95 bits per heavy atom. The molecule has 0 aliphatic carbocycles. The average Bonchev–Trinajstić information content (AvgIpc) is 2.84. The summed E-state index contributed by atoms with van der Waals surface area (Å²) in [5.41, 5.74) is 0.365. The van der Waals surface area contributed by atoms with Gasteiger partial charge in [-0.15, -0.1) is 0 Å². The van der Waals surface area contributed by atoms with Crippen molar-refractivity contribution in [3.05, 3.63) is 35.1 Å². The molecule has 1 unspecified atom stereocenters.